The zero-order valence-electron chi connectivity index (χ0n) is 11.2. The van der Waals surface area contributed by atoms with Crippen LogP contribution in [-0.2, 0) is 6.54 Å². The fraction of sp³-hybridized carbons (Fsp3) is 0.500. The van der Waals surface area contributed by atoms with E-state index in [0.29, 0.717) is 18.5 Å². The largest absolute Gasteiger partial charge is 0.478 e. The van der Waals surface area contributed by atoms with E-state index < -0.39 is 11.8 Å². The Bertz CT molecular complexity index is 446. The first kappa shape index (κ1) is 15.6. The number of aliphatic hydroxyl groups excluding tert-OH is 1. The normalized spacial score (nSPS) is 11.6. The van der Waals surface area contributed by atoms with E-state index in [2.05, 4.69) is 5.32 Å². The summed E-state index contributed by atoms with van der Waals surface area (Å²) in [4.78, 5) is 10.8. The van der Waals surface area contributed by atoms with Crippen LogP contribution >= 0.6 is 0 Å². The highest BCUT2D eigenvalue weighted by Crippen LogP contribution is 2.18. The molecule has 0 bridgehead atoms. The Morgan fingerprint density at radius 2 is 2.11 bits per heavy atom. The second-order valence-electron chi connectivity index (χ2n) is 5.35. The van der Waals surface area contributed by atoms with Crippen molar-refractivity contribution in [2.45, 2.75) is 26.8 Å². The molecule has 0 amide bonds. The molecule has 0 spiro atoms. The highest BCUT2D eigenvalue weighted by Gasteiger charge is 2.17. The number of rotatable bonds is 7. The van der Waals surface area contributed by atoms with Gasteiger partial charge in [-0.1, -0.05) is 13.8 Å². The fourth-order valence-electron chi connectivity index (χ4n) is 1.77. The number of hydrogen-bond donors (Lipinski definition) is 3. The number of hydrogen-bond acceptors (Lipinski definition) is 3. The molecular weight excluding hydrogens is 249 g/mol. The van der Waals surface area contributed by atoms with Gasteiger partial charge in [0, 0.05) is 25.3 Å². The molecule has 4 nitrogen and oxygen atoms in total. The van der Waals surface area contributed by atoms with E-state index in [-0.39, 0.29) is 24.1 Å². The Balaban J connectivity index is 2.62. The third kappa shape index (κ3) is 4.96. The van der Waals surface area contributed by atoms with Crippen molar-refractivity contribution in [1.29, 1.82) is 0 Å². The molecule has 19 heavy (non-hydrogen) atoms. The molecular formula is C14H20FNO3. The van der Waals surface area contributed by atoms with Gasteiger partial charge in [-0.25, -0.2) is 9.18 Å². The van der Waals surface area contributed by atoms with Crippen LogP contribution in [0.5, 0.6) is 0 Å². The predicted octanol–water partition coefficient (Wildman–Crippen LogP) is 2.02. The molecule has 1 aromatic rings. The minimum absolute atomic E-state index is 0.0767. The van der Waals surface area contributed by atoms with Gasteiger partial charge in [-0.2, -0.15) is 0 Å². The SMILES string of the molecule is CC(C)(CCO)CNCc1cc(C(=O)O)ccc1F. The number of carboxylic acid groups (broad SMARTS) is 1. The zero-order chi connectivity index (χ0) is 14.5. The van der Waals surface area contributed by atoms with Crippen molar-refractivity contribution in [2.75, 3.05) is 13.2 Å². The topological polar surface area (TPSA) is 69.6 Å². The van der Waals surface area contributed by atoms with Crippen molar-refractivity contribution in [3.63, 3.8) is 0 Å². The summed E-state index contributed by atoms with van der Waals surface area (Å²) in [5.74, 6) is -1.49. The Morgan fingerprint density at radius 1 is 1.42 bits per heavy atom. The summed E-state index contributed by atoms with van der Waals surface area (Å²) in [6.07, 6.45) is 0.650. The van der Waals surface area contributed by atoms with Crippen molar-refractivity contribution in [1.82, 2.24) is 5.32 Å². The van der Waals surface area contributed by atoms with Gasteiger partial charge in [0.2, 0.25) is 0 Å². The average molecular weight is 269 g/mol. The van der Waals surface area contributed by atoms with Gasteiger partial charge in [0.1, 0.15) is 5.82 Å². The second-order valence-corrected chi connectivity index (χ2v) is 5.35. The fourth-order valence-corrected chi connectivity index (χ4v) is 1.77. The Kier molecular flexibility index (Phi) is 5.44. The molecule has 0 aliphatic carbocycles. The summed E-state index contributed by atoms with van der Waals surface area (Å²) >= 11 is 0. The molecule has 0 aliphatic heterocycles. The lowest BCUT2D eigenvalue weighted by Gasteiger charge is -2.24. The molecule has 0 aromatic heterocycles. The zero-order valence-corrected chi connectivity index (χ0v) is 11.2. The molecule has 1 rings (SSSR count). The first-order valence-electron chi connectivity index (χ1n) is 6.19. The van der Waals surface area contributed by atoms with E-state index >= 15 is 0 Å². The van der Waals surface area contributed by atoms with E-state index in [1.54, 1.807) is 0 Å². The highest BCUT2D eigenvalue weighted by atomic mass is 19.1. The lowest BCUT2D eigenvalue weighted by atomic mass is 9.90. The van der Waals surface area contributed by atoms with Crippen molar-refractivity contribution in [3.05, 3.63) is 35.1 Å². The average Bonchev–Trinajstić information content (AvgIpc) is 2.30. The second kappa shape index (κ2) is 6.63. The van der Waals surface area contributed by atoms with Crippen LogP contribution in [0.1, 0.15) is 36.2 Å². The summed E-state index contributed by atoms with van der Waals surface area (Å²) in [6.45, 7) is 4.99. The molecule has 0 saturated carbocycles. The van der Waals surface area contributed by atoms with Gasteiger partial charge in [-0.15, -0.1) is 0 Å². The molecule has 106 valence electrons. The van der Waals surface area contributed by atoms with E-state index in [1.165, 1.54) is 18.2 Å². The molecule has 0 atom stereocenters. The predicted molar refractivity (Wildman–Crippen MR) is 70.5 cm³/mol. The molecule has 5 heteroatoms. The summed E-state index contributed by atoms with van der Waals surface area (Å²) in [5, 5.41) is 20.9. The molecule has 0 saturated heterocycles. The Hall–Kier alpha value is -1.46. The van der Waals surface area contributed by atoms with Crippen molar-refractivity contribution >= 4 is 5.97 Å². The van der Waals surface area contributed by atoms with Gasteiger partial charge >= 0.3 is 5.97 Å². The van der Waals surface area contributed by atoms with E-state index in [1.807, 2.05) is 13.8 Å². The third-order valence-electron chi connectivity index (χ3n) is 3.00. The molecule has 3 N–H and O–H groups in total. The number of aromatic carboxylic acids is 1. The molecule has 0 unspecified atom stereocenters. The maximum atomic E-state index is 13.5. The number of carboxylic acids is 1. The van der Waals surface area contributed by atoms with Crippen LogP contribution in [0.4, 0.5) is 4.39 Å². The van der Waals surface area contributed by atoms with Crippen molar-refractivity contribution in [2.24, 2.45) is 5.41 Å². The van der Waals surface area contributed by atoms with Gasteiger partial charge in [0.15, 0.2) is 0 Å². The van der Waals surface area contributed by atoms with Gasteiger partial charge in [0.25, 0.3) is 0 Å². The summed E-state index contributed by atoms with van der Waals surface area (Å²) < 4.78 is 13.5. The molecule has 0 fully saturated rings. The number of carbonyl (C=O) groups is 1. The smallest absolute Gasteiger partial charge is 0.335 e. The monoisotopic (exact) mass is 269 g/mol. The summed E-state index contributed by atoms with van der Waals surface area (Å²) in [5.41, 5.74) is 0.322. The molecule has 0 aliphatic rings. The molecule has 0 radical (unpaired) electrons. The van der Waals surface area contributed by atoms with Crippen molar-refractivity contribution in [3.8, 4) is 0 Å². The van der Waals surface area contributed by atoms with E-state index in [4.69, 9.17) is 10.2 Å². The Morgan fingerprint density at radius 3 is 2.68 bits per heavy atom. The van der Waals surface area contributed by atoms with Crippen LogP contribution in [0.25, 0.3) is 0 Å². The summed E-state index contributed by atoms with van der Waals surface area (Å²) in [6, 6.07) is 3.75. The quantitative estimate of drug-likeness (QED) is 0.708. The number of halogens is 1. The third-order valence-corrected chi connectivity index (χ3v) is 3.00. The van der Waals surface area contributed by atoms with E-state index in [0.717, 1.165) is 0 Å². The number of aliphatic hydroxyl groups is 1. The van der Waals surface area contributed by atoms with Gasteiger partial charge in [-0.3, -0.25) is 0 Å². The highest BCUT2D eigenvalue weighted by molar-refractivity contribution is 5.87. The minimum atomic E-state index is -1.07. The Labute approximate surface area is 112 Å². The van der Waals surface area contributed by atoms with Crippen LogP contribution in [0.2, 0.25) is 0 Å². The van der Waals surface area contributed by atoms with Crippen LogP contribution in [0, 0.1) is 11.2 Å². The van der Waals surface area contributed by atoms with Gasteiger partial charge in [-0.05, 0) is 30.0 Å². The van der Waals surface area contributed by atoms with Crippen LogP contribution < -0.4 is 5.32 Å². The lowest BCUT2D eigenvalue weighted by molar-refractivity contribution is 0.0696. The van der Waals surface area contributed by atoms with Crippen LogP contribution in [0.3, 0.4) is 0 Å². The van der Waals surface area contributed by atoms with Crippen molar-refractivity contribution < 1.29 is 19.4 Å². The number of nitrogens with one attached hydrogen (secondary N) is 1. The summed E-state index contributed by atoms with van der Waals surface area (Å²) in [7, 11) is 0. The minimum Gasteiger partial charge on any atom is -0.478 e. The van der Waals surface area contributed by atoms with Gasteiger partial charge in [0.05, 0.1) is 5.56 Å². The molecule has 0 heterocycles. The lowest BCUT2D eigenvalue weighted by Crippen LogP contribution is -2.30. The number of benzene rings is 1. The van der Waals surface area contributed by atoms with E-state index in [9.17, 15) is 9.18 Å². The maximum absolute atomic E-state index is 13.5. The maximum Gasteiger partial charge on any atom is 0.335 e. The van der Waals surface area contributed by atoms with Crippen LogP contribution in [0.15, 0.2) is 18.2 Å². The molecule has 1 aromatic carbocycles. The van der Waals surface area contributed by atoms with Gasteiger partial charge < -0.3 is 15.5 Å². The standard InChI is InChI=1S/C14H20FNO3/c1-14(2,5-6-17)9-16-8-11-7-10(13(18)19)3-4-12(11)15/h3-4,7,16-17H,5-6,8-9H2,1-2H3,(H,18,19). The van der Waals surface area contributed by atoms with Crippen LogP contribution in [-0.4, -0.2) is 29.3 Å². The first-order chi connectivity index (χ1) is 8.85. The first-order valence-corrected chi connectivity index (χ1v) is 6.19.